The number of hydrogen-bond acceptors (Lipinski definition) is 5. The van der Waals surface area contributed by atoms with Gasteiger partial charge in [-0.3, -0.25) is 10.1 Å². The molecule has 0 aromatic carbocycles. The van der Waals surface area contributed by atoms with Gasteiger partial charge in [0.15, 0.2) is 5.82 Å². The highest BCUT2D eigenvalue weighted by Gasteiger charge is 2.24. The quantitative estimate of drug-likeness (QED) is 0.694. The first-order valence-corrected chi connectivity index (χ1v) is 4.26. The number of rotatable bonds is 4. The Bertz CT molecular complexity index is 332. The number of carbonyl (C=O) groups excluding carboxylic acids is 1. The lowest BCUT2D eigenvalue weighted by molar-refractivity contribution is -0.123. The van der Waals surface area contributed by atoms with Gasteiger partial charge in [-0.25, -0.2) is 0 Å². The third-order valence-electron chi connectivity index (χ3n) is 1.87. The number of nitrogens with two attached hydrogens (primary N) is 1. The number of hydrogen-bond donors (Lipinski definition) is 2. The van der Waals surface area contributed by atoms with Gasteiger partial charge in [-0.1, -0.05) is 5.16 Å². The topological polar surface area (TPSA) is 94.0 Å². The van der Waals surface area contributed by atoms with Crippen LogP contribution < -0.4 is 11.1 Å². The van der Waals surface area contributed by atoms with Crippen LogP contribution in [-0.4, -0.2) is 21.6 Å². The van der Waals surface area contributed by atoms with E-state index in [2.05, 4.69) is 15.5 Å². The molecule has 0 aliphatic heterocycles. The molecule has 1 heterocycles. The molecule has 1 rings (SSSR count). The second-order valence-corrected chi connectivity index (χ2v) is 3.57. The Morgan fingerprint density at radius 1 is 1.64 bits per heavy atom. The zero-order valence-corrected chi connectivity index (χ0v) is 8.50. The fraction of sp³-hybridized carbons (Fsp3) is 0.625. The summed E-state index contributed by atoms with van der Waals surface area (Å²) in [6.07, 6.45) is 0. The zero-order valence-electron chi connectivity index (χ0n) is 8.50. The molecule has 0 spiro atoms. The lowest BCUT2D eigenvalue weighted by Gasteiger charge is -2.20. The van der Waals surface area contributed by atoms with Crippen LogP contribution in [-0.2, 0) is 11.3 Å². The fourth-order valence-corrected chi connectivity index (χ4v) is 0.800. The number of aromatic nitrogens is 2. The van der Waals surface area contributed by atoms with Gasteiger partial charge < -0.3 is 10.3 Å². The minimum atomic E-state index is -0.769. The average molecular weight is 198 g/mol. The van der Waals surface area contributed by atoms with Gasteiger partial charge in [0.1, 0.15) is 0 Å². The van der Waals surface area contributed by atoms with Crippen molar-refractivity contribution in [1.29, 1.82) is 0 Å². The Kier molecular flexibility index (Phi) is 2.85. The molecule has 1 aromatic heterocycles. The first-order valence-electron chi connectivity index (χ1n) is 4.26. The van der Waals surface area contributed by atoms with E-state index in [-0.39, 0.29) is 0 Å². The Balaban J connectivity index is 2.52. The van der Waals surface area contributed by atoms with E-state index in [1.165, 1.54) is 0 Å². The van der Waals surface area contributed by atoms with E-state index in [1.54, 1.807) is 20.8 Å². The normalized spacial score (nSPS) is 11.6. The number of carbonyl (C=O) groups is 1. The molecule has 1 amide bonds. The Hall–Kier alpha value is -1.43. The van der Waals surface area contributed by atoms with Gasteiger partial charge in [-0.05, 0) is 13.8 Å². The standard InChI is InChI=1S/C8H14N4O2/c1-5-11-6(12-14-5)4-10-8(2,3)7(9)13/h10H,4H2,1-3H3,(H2,9,13). The second-order valence-electron chi connectivity index (χ2n) is 3.57. The highest BCUT2D eigenvalue weighted by Crippen LogP contribution is 2.02. The van der Waals surface area contributed by atoms with Gasteiger partial charge in [0.25, 0.3) is 0 Å². The largest absolute Gasteiger partial charge is 0.368 e. The molecule has 0 saturated carbocycles. The van der Waals surface area contributed by atoms with Gasteiger partial charge in [-0.2, -0.15) is 4.98 Å². The lowest BCUT2D eigenvalue weighted by Crippen LogP contribution is -2.50. The molecule has 1 aromatic rings. The van der Waals surface area contributed by atoms with Crippen LogP contribution >= 0.6 is 0 Å². The molecule has 0 aliphatic rings. The molecule has 14 heavy (non-hydrogen) atoms. The summed E-state index contributed by atoms with van der Waals surface area (Å²) >= 11 is 0. The van der Waals surface area contributed by atoms with Crippen molar-refractivity contribution in [2.24, 2.45) is 5.73 Å². The summed E-state index contributed by atoms with van der Waals surface area (Å²) in [5, 5.41) is 6.61. The Labute approximate surface area is 81.9 Å². The first-order chi connectivity index (χ1) is 6.42. The molecule has 0 unspecified atom stereocenters. The predicted molar refractivity (Wildman–Crippen MR) is 49.1 cm³/mol. The molecule has 0 aliphatic carbocycles. The van der Waals surface area contributed by atoms with E-state index >= 15 is 0 Å². The fourth-order valence-electron chi connectivity index (χ4n) is 0.800. The zero-order chi connectivity index (χ0) is 10.8. The maximum absolute atomic E-state index is 10.9. The number of nitrogens with one attached hydrogen (secondary N) is 1. The van der Waals surface area contributed by atoms with Gasteiger partial charge in [0.2, 0.25) is 11.8 Å². The van der Waals surface area contributed by atoms with Crippen LogP contribution in [0.15, 0.2) is 4.52 Å². The van der Waals surface area contributed by atoms with Crippen LogP contribution in [0.4, 0.5) is 0 Å². The number of nitrogens with zero attached hydrogens (tertiary/aromatic N) is 2. The minimum Gasteiger partial charge on any atom is -0.368 e. The Morgan fingerprint density at radius 2 is 2.29 bits per heavy atom. The van der Waals surface area contributed by atoms with Gasteiger partial charge in [-0.15, -0.1) is 0 Å². The summed E-state index contributed by atoms with van der Waals surface area (Å²) in [7, 11) is 0. The molecule has 6 nitrogen and oxygen atoms in total. The molecular formula is C8H14N4O2. The minimum absolute atomic E-state index is 0.354. The van der Waals surface area contributed by atoms with Crippen molar-refractivity contribution in [3.63, 3.8) is 0 Å². The van der Waals surface area contributed by atoms with Crippen molar-refractivity contribution in [3.05, 3.63) is 11.7 Å². The molecular weight excluding hydrogens is 184 g/mol. The van der Waals surface area contributed by atoms with Gasteiger partial charge in [0, 0.05) is 6.92 Å². The second kappa shape index (κ2) is 3.75. The van der Waals surface area contributed by atoms with Gasteiger partial charge >= 0.3 is 0 Å². The van der Waals surface area contributed by atoms with Crippen molar-refractivity contribution in [1.82, 2.24) is 15.5 Å². The molecule has 0 radical (unpaired) electrons. The van der Waals surface area contributed by atoms with Crippen LogP contribution in [0.3, 0.4) is 0 Å². The number of primary amides is 1. The molecule has 0 bridgehead atoms. The predicted octanol–water partition coefficient (Wildman–Crippen LogP) is -0.268. The van der Waals surface area contributed by atoms with Crippen molar-refractivity contribution >= 4 is 5.91 Å². The molecule has 6 heteroatoms. The smallest absolute Gasteiger partial charge is 0.237 e. The summed E-state index contributed by atoms with van der Waals surface area (Å²) in [6, 6.07) is 0. The van der Waals surface area contributed by atoms with Crippen molar-refractivity contribution in [3.8, 4) is 0 Å². The Morgan fingerprint density at radius 3 is 2.71 bits per heavy atom. The maximum atomic E-state index is 10.9. The molecule has 78 valence electrons. The van der Waals surface area contributed by atoms with Crippen LogP contribution in [0.1, 0.15) is 25.6 Å². The molecule has 0 saturated heterocycles. The molecule has 0 atom stereocenters. The molecule has 0 fully saturated rings. The summed E-state index contributed by atoms with van der Waals surface area (Å²) in [5.74, 6) is 0.591. The molecule has 3 N–H and O–H groups in total. The van der Waals surface area contributed by atoms with E-state index in [9.17, 15) is 4.79 Å². The summed E-state index contributed by atoms with van der Waals surface area (Å²) < 4.78 is 4.77. The number of aryl methyl sites for hydroxylation is 1. The van der Waals surface area contributed by atoms with Crippen molar-refractivity contribution < 1.29 is 9.32 Å². The van der Waals surface area contributed by atoms with E-state index in [1.807, 2.05) is 0 Å². The SMILES string of the molecule is Cc1nc(CNC(C)(C)C(N)=O)no1. The highest BCUT2D eigenvalue weighted by atomic mass is 16.5. The third kappa shape index (κ3) is 2.53. The first kappa shape index (κ1) is 10.6. The summed E-state index contributed by atoms with van der Waals surface area (Å²) in [5.41, 5.74) is 4.40. The lowest BCUT2D eigenvalue weighted by atomic mass is 10.1. The van der Waals surface area contributed by atoms with Crippen LogP contribution in [0.5, 0.6) is 0 Å². The van der Waals surface area contributed by atoms with Crippen LogP contribution in [0.2, 0.25) is 0 Å². The van der Waals surface area contributed by atoms with E-state index < -0.39 is 11.4 Å². The van der Waals surface area contributed by atoms with E-state index in [0.29, 0.717) is 18.3 Å². The van der Waals surface area contributed by atoms with E-state index in [4.69, 9.17) is 10.3 Å². The van der Waals surface area contributed by atoms with Crippen molar-refractivity contribution in [2.45, 2.75) is 32.9 Å². The van der Waals surface area contributed by atoms with Gasteiger partial charge in [0.05, 0.1) is 12.1 Å². The third-order valence-corrected chi connectivity index (χ3v) is 1.87. The summed E-state index contributed by atoms with van der Waals surface area (Å²) in [4.78, 5) is 14.9. The highest BCUT2D eigenvalue weighted by molar-refractivity contribution is 5.83. The average Bonchev–Trinajstić information content (AvgIpc) is 2.48. The number of amides is 1. The van der Waals surface area contributed by atoms with Crippen molar-refractivity contribution in [2.75, 3.05) is 0 Å². The monoisotopic (exact) mass is 198 g/mol. The van der Waals surface area contributed by atoms with Crippen LogP contribution in [0, 0.1) is 6.92 Å². The van der Waals surface area contributed by atoms with Crippen LogP contribution in [0.25, 0.3) is 0 Å². The maximum Gasteiger partial charge on any atom is 0.237 e. The summed E-state index contributed by atoms with van der Waals surface area (Å²) in [6.45, 7) is 5.45. The van der Waals surface area contributed by atoms with E-state index in [0.717, 1.165) is 0 Å².